The molecule has 2 rings (SSSR count). The summed E-state index contributed by atoms with van der Waals surface area (Å²) in [5.41, 5.74) is 1.23. The zero-order valence-electron chi connectivity index (χ0n) is 10.1. The number of hydrogen-bond acceptors (Lipinski definition) is 3. The largest absolute Gasteiger partial charge is 0.314 e. The van der Waals surface area contributed by atoms with Crippen molar-refractivity contribution in [3.63, 3.8) is 0 Å². The second-order valence-electron chi connectivity index (χ2n) is 4.43. The maximum atomic E-state index is 4.45. The number of hydrogen-bond donors (Lipinski definition) is 1. The highest BCUT2D eigenvalue weighted by Crippen LogP contribution is 2.19. The SMILES string of the molecule is Cc1nc(C)c(CCNC2CCCC2)s1.Cl. The molecule has 1 aromatic heterocycles. The van der Waals surface area contributed by atoms with Crippen molar-refractivity contribution < 1.29 is 0 Å². The normalized spacial score (nSPS) is 16.4. The van der Waals surface area contributed by atoms with Gasteiger partial charge in [0.1, 0.15) is 0 Å². The maximum absolute atomic E-state index is 4.45. The topological polar surface area (TPSA) is 24.9 Å². The molecule has 16 heavy (non-hydrogen) atoms. The van der Waals surface area contributed by atoms with Crippen LogP contribution in [-0.4, -0.2) is 17.6 Å². The average Bonchev–Trinajstić information content (AvgIpc) is 2.77. The molecule has 0 amide bonds. The van der Waals surface area contributed by atoms with Crippen LogP contribution in [0.2, 0.25) is 0 Å². The highest BCUT2D eigenvalue weighted by molar-refractivity contribution is 7.11. The first kappa shape index (κ1) is 13.9. The monoisotopic (exact) mass is 260 g/mol. The predicted octanol–water partition coefficient (Wildman–Crippen LogP) is 3.26. The molecule has 4 heteroatoms. The average molecular weight is 261 g/mol. The number of aromatic nitrogens is 1. The lowest BCUT2D eigenvalue weighted by Crippen LogP contribution is -2.27. The third kappa shape index (κ3) is 3.72. The molecule has 0 atom stereocenters. The molecular weight excluding hydrogens is 240 g/mol. The molecule has 1 saturated carbocycles. The minimum absolute atomic E-state index is 0. The molecule has 1 heterocycles. The summed E-state index contributed by atoms with van der Waals surface area (Å²) in [6, 6.07) is 0.791. The highest BCUT2D eigenvalue weighted by Gasteiger charge is 2.13. The smallest absolute Gasteiger partial charge is 0.0900 e. The number of nitrogens with one attached hydrogen (secondary N) is 1. The standard InChI is InChI=1S/C12H20N2S.ClH/c1-9-12(15-10(2)14-9)7-8-13-11-5-3-4-6-11;/h11,13H,3-8H2,1-2H3;1H. The van der Waals surface area contributed by atoms with Gasteiger partial charge in [-0.1, -0.05) is 12.8 Å². The van der Waals surface area contributed by atoms with Crippen molar-refractivity contribution in [3.05, 3.63) is 15.6 Å². The van der Waals surface area contributed by atoms with E-state index in [2.05, 4.69) is 24.1 Å². The van der Waals surface area contributed by atoms with Gasteiger partial charge in [-0.15, -0.1) is 23.7 Å². The molecule has 0 aliphatic heterocycles. The van der Waals surface area contributed by atoms with Crippen LogP contribution in [0.5, 0.6) is 0 Å². The van der Waals surface area contributed by atoms with Crippen molar-refractivity contribution in [1.29, 1.82) is 0 Å². The van der Waals surface area contributed by atoms with Gasteiger partial charge in [0, 0.05) is 17.5 Å². The Morgan fingerprint density at radius 2 is 2.00 bits per heavy atom. The van der Waals surface area contributed by atoms with Crippen LogP contribution in [0.4, 0.5) is 0 Å². The first-order valence-corrected chi connectivity index (χ1v) is 6.73. The van der Waals surface area contributed by atoms with E-state index >= 15 is 0 Å². The van der Waals surface area contributed by atoms with Crippen LogP contribution in [0.15, 0.2) is 0 Å². The second kappa shape index (κ2) is 6.58. The number of halogens is 1. The van der Waals surface area contributed by atoms with Crippen molar-refractivity contribution in [1.82, 2.24) is 10.3 Å². The molecular formula is C12H21ClN2S. The predicted molar refractivity (Wildman–Crippen MR) is 72.8 cm³/mol. The van der Waals surface area contributed by atoms with E-state index < -0.39 is 0 Å². The van der Waals surface area contributed by atoms with Gasteiger partial charge in [-0.25, -0.2) is 4.98 Å². The van der Waals surface area contributed by atoms with E-state index in [1.54, 1.807) is 0 Å². The van der Waals surface area contributed by atoms with E-state index in [1.165, 1.54) is 41.3 Å². The highest BCUT2D eigenvalue weighted by atomic mass is 35.5. The fraction of sp³-hybridized carbons (Fsp3) is 0.750. The number of aryl methyl sites for hydroxylation is 2. The summed E-state index contributed by atoms with van der Waals surface area (Å²) >= 11 is 1.85. The Bertz CT molecular complexity index is 319. The summed E-state index contributed by atoms with van der Waals surface area (Å²) in [4.78, 5) is 5.91. The van der Waals surface area contributed by atoms with Gasteiger partial charge in [0.15, 0.2) is 0 Å². The molecule has 1 N–H and O–H groups in total. The third-order valence-electron chi connectivity index (χ3n) is 3.14. The number of nitrogens with zero attached hydrogens (tertiary/aromatic N) is 1. The molecule has 1 aliphatic carbocycles. The van der Waals surface area contributed by atoms with E-state index in [0.717, 1.165) is 19.0 Å². The molecule has 1 fully saturated rings. The fourth-order valence-corrected chi connectivity index (χ4v) is 3.26. The summed E-state index contributed by atoms with van der Waals surface area (Å²) in [5, 5.41) is 4.84. The van der Waals surface area contributed by atoms with Gasteiger partial charge in [-0.05, 0) is 33.1 Å². The van der Waals surface area contributed by atoms with Crippen molar-refractivity contribution in [3.8, 4) is 0 Å². The van der Waals surface area contributed by atoms with Gasteiger partial charge in [-0.2, -0.15) is 0 Å². The summed E-state index contributed by atoms with van der Waals surface area (Å²) < 4.78 is 0. The first-order chi connectivity index (χ1) is 7.25. The van der Waals surface area contributed by atoms with E-state index in [1.807, 2.05) is 11.3 Å². The molecule has 0 radical (unpaired) electrons. The fourth-order valence-electron chi connectivity index (χ4n) is 2.33. The first-order valence-electron chi connectivity index (χ1n) is 5.92. The third-order valence-corrected chi connectivity index (χ3v) is 4.27. The molecule has 0 spiro atoms. The minimum atomic E-state index is 0. The summed E-state index contributed by atoms with van der Waals surface area (Å²) in [7, 11) is 0. The van der Waals surface area contributed by atoms with Crippen LogP contribution in [0.1, 0.15) is 41.3 Å². The van der Waals surface area contributed by atoms with Gasteiger partial charge in [0.05, 0.1) is 10.7 Å². The van der Waals surface area contributed by atoms with Crippen LogP contribution in [-0.2, 0) is 6.42 Å². The van der Waals surface area contributed by atoms with Crippen molar-refractivity contribution in [2.24, 2.45) is 0 Å². The van der Waals surface area contributed by atoms with Crippen molar-refractivity contribution in [2.45, 2.75) is 52.0 Å². The Morgan fingerprint density at radius 3 is 2.56 bits per heavy atom. The van der Waals surface area contributed by atoms with Gasteiger partial charge in [0.2, 0.25) is 0 Å². The van der Waals surface area contributed by atoms with E-state index in [0.29, 0.717) is 0 Å². The van der Waals surface area contributed by atoms with E-state index in [4.69, 9.17) is 0 Å². The van der Waals surface area contributed by atoms with Gasteiger partial charge in [-0.3, -0.25) is 0 Å². The lowest BCUT2D eigenvalue weighted by Gasteiger charge is -2.10. The van der Waals surface area contributed by atoms with Gasteiger partial charge >= 0.3 is 0 Å². The Kier molecular flexibility index (Phi) is 5.73. The molecule has 1 aromatic rings. The zero-order valence-corrected chi connectivity index (χ0v) is 11.7. The van der Waals surface area contributed by atoms with Crippen LogP contribution in [0.25, 0.3) is 0 Å². The number of thiazole rings is 1. The summed E-state index contributed by atoms with van der Waals surface area (Å²) in [6.07, 6.45) is 6.72. The summed E-state index contributed by atoms with van der Waals surface area (Å²) in [5.74, 6) is 0. The molecule has 2 nitrogen and oxygen atoms in total. The van der Waals surface area contributed by atoms with Crippen LogP contribution in [0, 0.1) is 13.8 Å². The Morgan fingerprint density at radius 1 is 1.31 bits per heavy atom. The minimum Gasteiger partial charge on any atom is -0.314 e. The van der Waals surface area contributed by atoms with Crippen LogP contribution >= 0.6 is 23.7 Å². The lowest BCUT2D eigenvalue weighted by molar-refractivity contribution is 0.528. The van der Waals surface area contributed by atoms with Gasteiger partial charge in [0.25, 0.3) is 0 Å². The van der Waals surface area contributed by atoms with E-state index in [-0.39, 0.29) is 12.4 Å². The molecule has 0 bridgehead atoms. The van der Waals surface area contributed by atoms with Crippen LogP contribution < -0.4 is 5.32 Å². The number of rotatable bonds is 4. The van der Waals surface area contributed by atoms with Crippen molar-refractivity contribution >= 4 is 23.7 Å². The molecule has 0 unspecified atom stereocenters. The maximum Gasteiger partial charge on any atom is 0.0900 e. The quantitative estimate of drug-likeness (QED) is 0.899. The van der Waals surface area contributed by atoms with E-state index in [9.17, 15) is 0 Å². The summed E-state index contributed by atoms with van der Waals surface area (Å²) in [6.45, 7) is 5.33. The Labute approximate surface area is 108 Å². The van der Waals surface area contributed by atoms with Gasteiger partial charge < -0.3 is 5.32 Å². The molecule has 92 valence electrons. The molecule has 0 aromatic carbocycles. The lowest BCUT2D eigenvalue weighted by atomic mass is 10.2. The van der Waals surface area contributed by atoms with Crippen molar-refractivity contribution in [2.75, 3.05) is 6.54 Å². The van der Waals surface area contributed by atoms with Crippen LogP contribution in [0.3, 0.4) is 0 Å². The second-order valence-corrected chi connectivity index (χ2v) is 5.71. The molecule has 1 aliphatic rings. The Balaban J connectivity index is 0.00000128. The zero-order chi connectivity index (χ0) is 10.7. The molecule has 0 saturated heterocycles. The Hall–Kier alpha value is -0.120.